The predicted molar refractivity (Wildman–Crippen MR) is 106 cm³/mol. The van der Waals surface area contributed by atoms with Crippen molar-refractivity contribution in [1.82, 2.24) is 0 Å². The van der Waals surface area contributed by atoms with Crippen LogP contribution in [-0.4, -0.2) is 33.3 Å². The van der Waals surface area contributed by atoms with Crippen LogP contribution in [0.5, 0.6) is 11.5 Å². The molecule has 0 saturated heterocycles. The molecule has 3 aromatic carbocycles. The van der Waals surface area contributed by atoms with Crippen LogP contribution < -0.4 is 15.2 Å². The quantitative estimate of drug-likeness (QED) is 0.676. The molecular formula is C22H23NO4. The van der Waals surface area contributed by atoms with Gasteiger partial charge in [-0.1, -0.05) is 36.4 Å². The summed E-state index contributed by atoms with van der Waals surface area (Å²) in [4.78, 5) is 11.5. The van der Waals surface area contributed by atoms with Crippen molar-refractivity contribution in [2.75, 3.05) is 21.3 Å². The normalized spacial score (nSPS) is 11.9. The maximum atomic E-state index is 11.5. The minimum absolute atomic E-state index is 0.409. The zero-order chi connectivity index (χ0) is 19.4. The van der Waals surface area contributed by atoms with E-state index >= 15 is 0 Å². The van der Waals surface area contributed by atoms with Gasteiger partial charge in [0.25, 0.3) is 0 Å². The first kappa shape index (κ1) is 18.7. The van der Waals surface area contributed by atoms with E-state index < -0.39 is 12.0 Å². The van der Waals surface area contributed by atoms with Crippen LogP contribution >= 0.6 is 0 Å². The molecule has 0 saturated carbocycles. The van der Waals surface area contributed by atoms with Crippen LogP contribution in [0.4, 0.5) is 0 Å². The molecule has 0 spiro atoms. The molecule has 0 aliphatic rings. The molecule has 0 bridgehead atoms. The van der Waals surface area contributed by atoms with Crippen molar-refractivity contribution in [2.24, 2.45) is 5.73 Å². The minimum atomic E-state index is -0.662. The van der Waals surface area contributed by atoms with Crippen LogP contribution in [0.15, 0.2) is 54.6 Å². The van der Waals surface area contributed by atoms with E-state index in [2.05, 4.69) is 6.07 Å². The number of hydrogen-bond donors (Lipinski definition) is 1. The van der Waals surface area contributed by atoms with Crippen molar-refractivity contribution in [3.63, 3.8) is 0 Å². The van der Waals surface area contributed by atoms with Crippen molar-refractivity contribution in [1.29, 1.82) is 0 Å². The maximum absolute atomic E-state index is 11.5. The zero-order valence-corrected chi connectivity index (χ0v) is 15.7. The van der Waals surface area contributed by atoms with Crippen molar-refractivity contribution in [2.45, 2.75) is 12.5 Å². The van der Waals surface area contributed by atoms with Gasteiger partial charge in [-0.15, -0.1) is 0 Å². The number of fused-ring (bicyclic) bond motifs is 1. The Balaban J connectivity index is 1.98. The number of methoxy groups -OCH3 is 3. The van der Waals surface area contributed by atoms with Crippen LogP contribution in [0.2, 0.25) is 0 Å². The monoisotopic (exact) mass is 365 g/mol. The number of hydrogen-bond acceptors (Lipinski definition) is 5. The fourth-order valence-electron chi connectivity index (χ4n) is 3.20. The third kappa shape index (κ3) is 3.88. The summed E-state index contributed by atoms with van der Waals surface area (Å²) in [6, 6.07) is 17.3. The van der Waals surface area contributed by atoms with Crippen LogP contribution in [0.1, 0.15) is 5.56 Å². The average Bonchev–Trinajstić information content (AvgIpc) is 2.71. The lowest BCUT2D eigenvalue weighted by Crippen LogP contribution is -2.33. The summed E-state index contributed by atoms with van der Waals surface area (Å²) in [6.07, 6.45) is 0.435. The maximum Gasteiger partial charge on any atom is 0.322 e. The van der Waals surface area contributed by atoms with Gasteiger partial charge in [-0.05, 0) is 46.5 Å². The lowest BCUT2D eigenvalue weighted by molar-refractivity contribution is -0.142. The first-order valence-electron chi connectivity index (χ1n) is 8.65. The Hall–Kier alpha value is -3.05. The molecule has 0 fully saturated rings. The summed E-state index contributed by atoms with van der Waals surface area (Å²) in [5.74, 6) is 1.11. The summed E-state index contributed by atoms with van der Waals surface area (Å²) >= 11 is 0. The predicted octanol–water partition coefficient (Wildman–Crippen LogP) is 3.57. The molecule has 0 aromatic heterocycles. The van der Waals surface area contributed by atoms with E-state index in [1.165, 1.54) is 7.11 Å². The highest BCUT2D eigenvalue weighted by Gasteiger charge is 2.15. The molecule has 27 heavy (non-hydrogen) atoms. The van der Waals surface area contributed by atoms with Crippen molar-refractivity contribution in [3.8, 4) is 22.6 Å². The highest BCUT2D eigenvalue weighted by Crippen LogP contribution is 2.39. The molecule has 0 amide bonds. The molecule has 0 aliphatic heterocycles. The average molecular weight is 365 g/mol. The Morgan fingerprint density at radius 3 is 2.19 bits per heavy atom. The number of nitrogens with two attached hydrogens (primary N) is 1. The second-order valence-corrected chi connectivity index (χ2v) is 6.27. The van der Waals surface area contributed by atoms with Crippen molar-refractivity contribution < 1.29 is 19.0 Å². The Labute approximate surface area is 158 Å². The molecule has 3 rings (SSSR count). The van der Waals surface area contributed by atoms with Gasteiger partial charge in [-0.25, -0.2) is 0 Å². The van der Waals surface area contributed by atoms with Gasteiger partial charge in [0.1, 0.15) is 17.5 Å². The minimum Gasteiger partial charge on any atom is -0.496 e. The Morgan fingerprint density at radius 1 is 0.926 bits per heavy atom. The summed E-state index contributed by atoms with van der Waals surface area (Å²) < 4.78 is 15.7. The van der Waals surface area contributed by atoms with E-state index in [0.717, 1.165) is 39.0 Å². The largest absolute Gasteiger partial charge is 0.496 e. The fraction of sp³-hybridized carbons (Fsp3) is 0.227. The van der Waals surface area contributed by atoms with Gasteiger partial charge in [-0.2, -0.15) is 0 Å². The molecule has 5 nitrogen and oxygen atoms in total. The molecule has 1 atom stereocenters. The second kappa shape index (κ2) is 8.10. The summed E-state index contributed by atoms with van der Waals surface area (Å²) in [6.45, 7) is 0. The van der Waals surface area contributed by atoms with Crippen molar-refractivity contribution in [3.05, 3.63) is 60.2 Å². The zero-order valence-electron chi connectivity index (χ0n) is 15.7. The molecule has 0 heterocycles. The lowest BCUT2D eigenvalue weighted by atomic mass is 9.97. The number of benzene rings is 3. The number of carbonyl (C=O) groups is 1. The van der Waals surface area contributed by atoms with Gasteiger partial charge < -0.3 is 19.9 Å². The van der Waals surface area contributed by atoms with Crippen LogP contribution in [0, 0.1) is 0 Å². The van der Waals surface area contributed by atoms with Crippen LogP contribution in [0.3, 0.4) is 0 Å². The smallest absolute Gasteiger partial charge is 0.322 e. The van der Waals surface area contributed by atoms with Crippen molar-refractivity contribution >= 4 is 16.7 Å². The van der Waals surface area contributed by atoms with Gasteiger partial charge in [-0.3, -0.25) is 4.79 Å². The third-order valence-electron chi connectivity index (χ3n) is 4.58. The molecular weight excluding hydrogens is 342 g/mol. The highest BCUT2D eigenvalue weighted by molar-refractivity contribution is 5.90. The van der Waals surface area contributed by atoms with Gasteiger partial charge >= 0.3 is 5.97 Å². The van der Waals surface area contributed by atoms with E-state index in [1.807, 2.05) is 48.5 Å². The number of ether oxygens (including phenoxy) is 3. The fourth-order valence-corrected chi connectivity index (χ4v) is 3.20. The van der Waals surface area contributed by atoms with Gasteiger partial charge in [0, 0.05) is 0 Å². The van der Waals surface area contributed by atoms with Gasteiger partial charge in [0.2, 0.25) is 0 Å². The van der Waals surface area contributed by atoms with Crippen LogP contribution in [0.25, 0.3) is 21.9 Å². The molecule has 0 radical (unpaired) electrons. The molecule has 2 N–H and O–H groups in total. The van der Waals surface area contributed by atoms with Gasteiger partial charge in [0.15, 0.2) is 0 Å². The second-order valence-electron chi connectivity index (χ2n) is 6.27. The number of esters is 1. The summed E-state index contributed by atoms with van der Waals surface area (Å²) in [5.41, 5.74) is 8.78. The molecule has 5 heteroatoms. The Kier molecular flexibility index (Phi) is 5.62. The molecule has 0 aliphatic carbocycles. The Morgan fingerprint density at radius 2 is 1.56 bits per heavy atom. The standard InChI is InChI=1S/C22H23NO4/c1-25-19-5-4-6-20(26-2)21(19)17-10-9-15-11-14(7-8-16(15)13-17)12-18(23)22(24)27-3/h4-11,13,18H,12,23H2,1-3H3. The van der Waals surface area contributed by atoms with E-state index in [0.29, 0.717) is 6.42 Å². The van der Waals surface area contributed by atoms with E-state index in [-0.39, 0.29) is 0 Å². The van der Waals surface area contributed by atoms with E-state index in [4.69, 9.17) is 19.9 Å². The van der Waals surface area contributed by atoms with Crippen LogP contribution in [-0.2, 0) is 16.0 Å². The van der Waals surface area contributed by atoms with Gasteiger partial charge in [0.05, 0.1) is 26.9 Å². The SMILES string of the molecule is COC(=O)C(N)Cc1ccc2cc(-c3c(OC)cccc3OC)ccc2c1. The summed E-state index contributed by atoms with van der Waals surface area (Å²) in [5, 5.41) is 2.15. The van der Waals surface area contributed by atoms with E-state index in [1.54, 1.807) is 14.2 Å². The first-order valence-corrected chi connectivity index (χ1v) is 8.65. The molecule has 1 unspecified atom stereocenters. The number of carbonyl (C=O) groups excluding carboxylic acids is 1. The number of rotatable bonds is 6. The molecule has 3 aromatic rings. The highest BCUT2D eigenvalue weighted by atomic mass is 16.5. The first-order chi connectivity index (χ1) is 13.1. The Bertz CT molecular complexity index is 945. The lowest BCUT2D eigenvalue weighted by Gasteiger charge is -2.14. The third-order valence-corrected chi connectivity index (χ3v) is 4.58. The molecule has 140 valence electrons. The topological polar surface area (TPSA) is 70.8 Å². The van der Waals surface area contributed by atoms with E-state index in [9.17, 15) is 4.79 Å². The summed E-state index contributed by atoms with van der Waals surface area (Å²) in [7, 11) is 4.64.